The first-order chi connectivity index (χ1) is 17.5. The molecule has 0 spiro atoms. The lowest BCUT2D eigenvalue weighted by Crippen LogP contribution is -2.19. The van der Waals surface area contributed by atoms with Gasteiger partial charge < -0.3 is 25.8 Å². The number of hydrogen-bond donors (Lipinski definition) is 3. The molecule has 9 heteroatoms. The normalized spacial score (nSPS) is 10.9. The third kappa shape index (κ3) is 4.07. The van der Waals surface area contributed by atoms with Gasteiger partial charge in [0.1, 0.15) is 5.82 Å². The zero-order valence-electron chi connectivity index (χ0n) is 20.0. The molecular weight excluding hydrogens is 456 g/mol. The van der Waals surface area contributed by atoms with Crippen LogP contribution in [0.3, 0.4) is 0 Å². The number of methoxy groups -OCH3 is 2. The number of ether oxygens (including phenoxy) is 2. The van der Waals surface area contributed by atoms with Crippen molar-refractivity contribution in [1.82, 2.24) is 20.3 Å². The third-order valence-corrected chi connectivity index (χ3v) is 5.92. The highest BCUT2D eigenvalue weighted by molar-refractivity contribution is 6.10. The Labute approximate surface area is 207 Å². The predicted molar refractivity (Wildman–Crippen MR) is 141 cm³/mol. The lowest BCUT2D eigenvalue weighted by Gasteiger charge is -2.13. The molecule has 3 aromatic heterocycles. The number of para-hydroxylation sites is 1. The van der Waals surface area contributed by atoms with E-state index in [2.05, 4.69) is 25.6 Å². The lowest BCUT2D eigenvalue weighted by molar-refractivity contribution is 0.0964. The number of carbonyl (C=O) groups is 1. The molecule has 0 bridgehead atoms. The van der Waals surface area contributed by atoms with E-state index in [1.54, 1.807) is 45.9 Å². The van der Waals surface area contributed by atoms with Crippen molar-refractivity contribution in [3.8, 4) is 22.8 Å². The molecule has 0 radical (unpaired) electrons. The monoisotopic (exact) mass is 480 g/mol. The Kier molecular flexibility index (Phi) is 5.95. The van der Waals surface area contributed by atoms with Crippen molar-refractivity contribution in [1.29, 1.82) is 0 Å². The number of aromatic nitrogens is 3. The van der Waals surface area contributed by atoms with E-state index in [0.717, 1.165) is 27.2 Å². The van der Waals surface area contributed by atoms with Crippen LogP contribution in [-0.4, -0.2) is 42.1 Å². The van der Waals surface area contributed by atoms with Crippen LogP contribution in [0.25, 0.3) is 32.9 Å². The Bertz CT molecular complexity index is 1620. The summed E-state index contributed by atoms with van der Waals surface area (Å²) in [5.74, 6) is 1.37. The maximum Gasteiger partial charge on any atom is 0.253 e. The summed E-state index contributed by atoms with van der Waals surface area (Å²) in [5.41, 5.74) is 10.4. The topological polar surface area (TPSA) is 124 Å². The van der Waals surface area contributed by atoms with Crippen LogP contribution in [0, 0.1) is 0 Å². The Morgan fingerprint density at radius 3 is 2.47 bits per heavy atom. The van der Waals surface area contributed by atoms with Gasteiger partial charge in [-0.05, 0) is 35.7 Å². The Morgan fingerprint density at radius 1 is 0.917 bits per heavy atom. The summed E-state index contributed by atoms with van der Waals surface area (Å²) in [6.07, 6.45) is 5.11. The van der Waals surface area contributed by atoms with Gasteiger partial charge >= 0.3 is 0 Å². The fraction of sp³-hybridized carbons (Fsp3) is 0.111. The van der Waals surface area contributed by atoms with E-state index < -0.39 is 0 Å². The molecule has 0 aliphatic heterocycles. The number of nitrogens with zero attached hydrogens (tertiary/aromatic N) is 3. The van der Waals surface area contributed by atoms with Crippen LogP contribution in [0.2, 0.25) is 0 Å². The molecule has 3 heterocycles. The van der Waals surface area contributed by atoms with Crippen molar-refractivity contribution < 1.29 is 14.3 Å². The van der Waals surface area contributed by atoms with Crippen molar-refractivity contribution >= 4 is 44.8 Å². The maximum atomic E-state index is 12.3. The van der Waals surface area contributed by atoms with Crippen LogP contribution in [0.1, 0.15) is 10.4 Å². The number of nitrogens with one attached hydrogen (secondary N) is 2. The molecule has 0 saturated carbocycles. The molecule has 5 rings (SSSR count). The fourth-order valence-corrected chi connectivity index (χ4v) is 4.13. The molecule has 2 aromatic carbocycles. The average Bonchev–Trinajstić information content (AvgIpc) is 2.92. The van der Waals surface area contributed by atoms with Gasteiger partial charge in [0.25, 0.3) is 5.91 Å². The van der Waals surface area contributed by atoms with E-state index in [1.165, 1.54) is 0 Å². The van der Waals surface area contributed by atoms with Gasteiger partial charge in [-0.2, -0.15) is 0 Å². The highest BCUT2D eigenvalue weighted by Crippen LogP contribution is 2.37. The molecule has 5 aromatic rings. The first-order valence-corrected chi connectivity index (χ1v) is 11.2. The number of nitrogens with two attached hydrogens (primary N) is 1. The second kappa shape index (κ2) is 9.38. The van der Waals surface area contributed by atoms with Gasteiger partial charge in [0, 0.05) is 41.8 Å². The van der Waals surface area contributed by atoms with E-state index in [9.17, 15) is 4.79 Å². The zero-order valence-corrected chi connectivity index (χ0v) is 20.0. The molecule has 0 atom stereocenters. The smallest absolute Gasteiger partial charge is 0.253 e. The highest BCUT2D eigenvalue weighted by atomic mass is 16.5. The summed E-state index contributed by atoms with van der Waals surface area (Å²) < 4.78 is 10.9. The van der Waals surface area contributed by atoms with Crippen molar-refractivity contribution in [2.24, 2.45) is 0 Å². The molecular formula is C27H24N6O3. The van der Waals surface area contributed by atoms with Crippen LogP contribution in [-0.2, 0) is 0 Å². The van der Waals surface area contributed by atoms with Crippen LogP contribution < -0.4 is 25.8 Å². The van der Waals surface area contributed by atoms with Crippen LogP contribution in [0.4, 0.5) is 17.2 Å². The van der Waals surface area contributed by atoms with Crippen molar-refractivity contribution in [2.45, 2.75) is 0 Å². The number of anilines is 3. The van der Waals surface area contributed by atoms with Crippen molar-refractivity contribution in [3.63, 3.8) is 0 Å². The maximum absolute atomic E-state index is 12.3. The summed E-state index contributed by atoms with van der Waals surface area (Å²) in [6.45, 7) is 0. The van der Waals surface area contributed by atoms with Crippen LogP contribution in [0.15, 0.2) is 67.1 Å². The summed E-state index contributed by atoms with van der Waals surface area (Å²) in [5, 5.41) is 8.42. The number of rotatable bonds is 6. The number of nitrogen functional groups attached to an aromatic ring is 1. The number of carbonyl (C=O) groups excluding carboxylic acids is 1. The SMILES string of the molecule is CNC(=O)c1ccccc1Nc1cncc(-c2cc3c(cnc4cc(OC)c(OC)cc43)c(N)n2)c1. The molecule has 0 unspecified atom stereocenters. The number of fused-ring (bicyclic) bond motifs is 3. The van der Waals surface area contributed by atoms with Gasteiger partial charge in [-0.25, -0.2) is 4.98 Å². The molecule has 0 saturated heterocycles. The molecule has 0 aliphatic carbocycles. The number of benzene rings is 2. The highest BCUT2D eigenvalue weighted by Gasteiger charge is 2.14. The predicted octanol–water partition coefficient (Wildman–Crippen LogP) is 4.55. The van der Waals surface area contributed by atoms with E-state index in [0.29, 0.717) is 39.9 Å². The second-order valence-electron chi connectivity index (χ2n) is 8.05. The molecule has 36 heavy (non-hydrogen) atoms. The van der Waals surface area contributed by atoms with Gasteiger partial charge in [-0.3, -0.25) is 14.8 Å². The van der Waals surface area contributed by atoms with Crippen molar-refractivity contribution in [2.75, 3.05) is 32.3 Å². The quantitative estimate of drug-likeness (QED) is 0.303. The summed E-state index contributed by atoms with van der Waals surface area (Å²) in [4.78, 5) is 25.8. The first kappa shape index (κ1) is 22.9. The van der Waals surface area contributed by atoms with Gasteiger partial charge in [-0.1, -0.05) is 12.1 Å². The molecule has 1 amide bonds. The average molecular weight is 481 g/mol. The minimum Gasteiger partial charge on any atom is -0.493 e. The Hall–Kier alpha value is -4.92. The molecule has 9 nitrogen and oxygen atoms in total. The zero-order chi connectivity index (χ0) is 25.2. The molecule has 4 N–H and O–H groups in total. The summed E-state index contributed by atoms with van der Waals surface area (Å²) >= 11 is 0. The van der Waals surface area contributed by atoms with E-state index in [-0.39, 0.29) is 5.91 Å². The summed E-state index contributed by atoms with van der Waals surface area (Å²) in [7, 11) is 4.78. The number of pyridine rings is 3. The Balaban J connectivity index is 1.60. The molecule has 180 valence electrons. The minimum absolute atomic E-state index is 0.182. The first-order valence-electron chi connectivity index (χ1n) is 11.2. The summed E-state index contributed by atoms with van der Waals surface area (Å²) in [6, 6.07) is 14.9. The van der Waals surface area contributed by atoms with Gasteiger partial charge in [0.05, 0.1) is 48.6 Å². The fourth-order valence-electron chi connectivity index (χ4n) is 4.13. The third-order valence-electron chi connectivity index (χ3n) is 5.92. The van der Waals surface area contributed by atoms with E-state index >= 15 is 0 Å². The number of hydrogen-bond acceptors (Lipinski definition) is 8. The van der Waals surface area contributed by atoms with Gasteiger partial charge in [-0.15, -0.1) is 0 Å². The lowest BCUT2D eigenvalue weighted by atomic mass is 10.0. The molecule has 0 aliphatic rings. The largest absolute Gasteiger partial charge is 0.493 e. The standard InChI is InChI=1S/C27H24N6O3/c1-29-27(34)17-6-4-5-7-21(17)32-16-8-15(12-30-13-16)22-9-18-19-10-24(35-2)25(36-3)11-23(19)31-14-20(18)26(28)33-22/h4-14,32H,1-3H3,(H2,28,33)(H,29,34). The van der Waals surface area contributed by atoms with Gasteiger partial charge in [0.2, 0.25) is 0 Å². The van der Waals surface area contributed by atoms with E-state index in [1.807, 2.05) is 42.5 Å². The van der Waals surface area contributed by atoms with Gasteiger partial charge in [0.15, 0.2) is 11.5 Å². The van der Waals surface area contributed by atoms with E-state index in [4.69, 9.17) is 15.2 Å². The van der Waals surface area contributed by atoms with Crippen LogP contribution >= 0.6 is 0 Å². The second-order valence-corrected chi connectivity index (χ2v) is 8.05. The minimum atomic E-state index is -0.182. The molecule has 0 fully saturated rings. The van der Waals surface area contributed by atoms with Crippen LogP contribution in [0.5, 0.6) is 11.5 Å². The number of amides is 1. The Morgan fingerprint density at radius 2 is 1.69 bits per heavy atom. The van der Waals surface area contributed by atoms with Crippen molar-refractivity contribution in [3.05, 3.63) is 72.7 Å².